The van der Waals surface area contributed by atoms with E-state index < -0.39 is 0 Å². The smallest absolute Gasteiger partial charge is 0.0190 e. The van der Waals surface area contributed by atoms with Crippen LogP contribution in [0.25, 0.3) is 0 Å². The van der Waals surface area contributed by atoms with Gasteiger partial charge in [-0.25, -0.2) is 0 Å². The van der Waals surface area contributed by atoms with Gasteiger partial charge in [0.05, 0.1) is 0 Å². The van der Waals surface area contributed by atoms with Gasteiger partial charge < -0.3 is 0 Å². The molecule has 10 heavy (non-hydrogen) atoms. The lowest BCUT2D eigenvalue weighted by atomic mass is 10.00. The number of hydrogen-bond donors (Lipinski definition) is 0. The molecular formula is C9H17N. The van der Waals surface area contributed by atoms with Crippen LogP contribution < -0.4 is 0 Å². The molecule has 0 amide bonds. The Morgan fingerprint density at radius 3 is 2.70 bits per heavy atom. The molecular weight excluding hydrogens is 122 g/mol. The van der Waals surface area contributed by atoms with Gasteiger partial charge in [0.2, 0.25) is 0 Å². The van der Waals surface area contributed by atoms with Crippen molar-refractivity contribution in [1.82, 2.24) is 4.90 Å². The summed E-state index contributed by atoms with van der Waals surface area (Å²) in [6.07, 6.45) is 2.69. The van der Waals surface area contributed by atoms with E-state index in [-0.39, 0.29) is 0 Å². The third-order valence-corrected chi connectivity index (χ3v) is 2.21. The van der Waals surface area contributed by atoms with Crippen molar-refractivity contribution >= 4 is 0 Å². The standard InChI is InChI=1S/C9H17N/c1-4-9-5-6-10(9)7-8(2)3/h9H,2,4-7H2,1,3H3. The molecule has 1 rings (SSSR count). The average Bonchev–Trinajstić information content (AvgIpc) is 1.82. The zero-order chi connectivity index (χ0) is 7.56. The second kappa shape index (κ2) is 3.20. The van der Waals surface area contributed by atoms with Crippen molar-refractivity contribution in [3.8, 4) is 0 Å². The summed E-state index contributed by atoms with van der Waals surface area (Å²) in [5.74, 6) is 0. The first-order valence-electron chi connectivity index (χ1n) is 4.12. The lowest BCUT2D eigenvalue weighted by Gasteiger charge is -2.40. The molecule has 0 N–H and O–H groups in total. The highest BCUT2D eigenvalue weighted by atomic mass is 15.2. The monoisotopic (exact) mass is 139 g/mol. The number of likely N-dealkylation sites (tertiary alicyclic amines) is 1. The van der Waals surface area contributed by atoms with Crippen LogP contribution in [0.1, 0.15) is 26.7 Å². The first-order valence-corrected chi connectivity index (χ1v) is 4.12. The van der Waals surface area contributed by atoms with Gasteiger partial charge in [-0.05, 0) is 19.8 Å². The van der Waals surface area contributed by atoms with Crippen molar-refractivity contribution in [2.75, 3.05) is 13.1 Å². The molecule has 0 aromatic rings. The molecule has 0 aliphatic carbocycles. The predicted molar refractivity (Wildman–Crippen MR) is 45.1 cm³/mol. The maximum Gasteiger partial charge on any atom is 0.0190 e. The highest BCUT2D eigenvalue weighted by molar-refractivity contribution is 4.96. The van der Waals surface area contributed by atoms with Crippen molar-refractivity contribution in [1.29, 1.82) is 0 Å². The summed E-state index contributed by atoms with van der Waals surface area (Å²) >= 11 is 0. The van der Waals surface area contributed by atoms with Crippen molar-refractivity contribution in [2.24, 2.45) is 0 Å². The highest BCUT2D eigenvalue weighted by Crippen LogP contribution is 2.20. The molecule has 0 saturated carbocycles. The molecule has 1 atom stereocenters. The summed E-state index contributed by atoms with van der Waals surface area (Å²) in [4.78, 5) is 2.50. The summed E-state index contributed by atoms with van der Waals surface area (Å²) in [6, 6.07) is 0.858. The molecule has 0 radical (unpaired) electrons. The summed E-state index contributed by atoms with van der Waals surface area (Å²) < 4.78 is 0. The van der Waals surface area contributed by atoms with E-state index in [1.54, 1.807) is 0 Å². The van der Waals surface area contributed by atoms with Gasteiger partial charge >= 0.3 is 0 Å². The Morgan fingerprint density at radius 1 is 1.70 bits per heavy atom. The molecule has 1 aliphatic heterocycles. The summed E-state index contributed by atoms with van der Waals surface area (Å²) in [7, 11) is 0. The van der Waals surface area contributed by atoms with Crippen LogP contribution in [0.4, 0.5) is 0 Å². The molecule has 0 bridgehead atoms. The molecule has 1 aliphatic rings. The molecule has 1 heterocycles. The second-order valence-electron chi connectivity index (χ2n) is 3.28. The number of nitrogens with zero attached hydrogens (tertiary/aromatic N) is 1. The molecule has 58 valence electrons. The van der Waals surface area contributed by atoms with Gasteiger partial charge in [0.1, 0.15) is 0 Å². The van der Waals surface area contributed by atoms with Crippen molar-refractivity contribution in [2.45, 2.75) is 32.7 Å². The molecule has 1 nitrogen and oxygen atoms in total. The number of rotatable bonds is 3. The Bertz CT molecular complexity index is 127. The Morgan fingerprint density at radius 2 is 2.40 bits per heavy atom. The van der Waals surface area contributed by atoms with E-state index in [9.17, 15) is 0 Å². The van der Waals surface area contributed by atoms with Crippen molar-refractivity contribution in [3.63, 3.8) is 0 Å². The largest absolute Gasteiger partial charge is 0.296 e. The summed E-state index contributed by atoms with van der Waals surface area (Å²) in [5, 5.41) is 0. The SMILES string of the molecule is C=C(C)CN1CCC1CC. The van der Waals surface area contributed by atoms with Crippen LogP contribution >= 0.6 is 0 Å². The van der Waals surface area contributed by atoms with Crippen molar-refractivity contribution in [3.05, 3.63) is 12.2 Å². The Balaban J connectivity index is 2.23. The quantitative estimate of drug-likeness (QED) is 0.541. The molecule has 0 aromatic carbocycles. The predicted octanol–water partition coefficient (Wildman–Crippen LogP) is 2.05. The van der Waals surface area contributed by atoms with E-state index in [1.807, 2.05) is 0 Å². The second-order valence-corrected chi connectivity index (χ2v) is 3.28. The first kappa shape index (κ1) is 7.80. The minimum absolute atomic E-state index is 0.858. The maximum atomic E-state index is 3.90. The molecule has 1 unspecified atom stereocenters. The average molecular weight is 139 g/mol. The highest BCUT2D eigenvalue weighted by Gasteiger charge is 2.24. The Hall–Kier alpha value is -0.300. The van der Waals surface area contributed by atoms with Crippen molar-refractivity contribution < 1.29 is 0 Å². The molecule has 1 fully saturated rings. The van der Waals surface area contributed by atoms with Gasteiger partial charge in [0.25, 0.3) is 0 Å². The fourth-order valence-corrected chi connectivity index (χ4v) is 1.51. The first-order chi connectivity index (χ1) is 4.74. The van der Waals surface area contributed by atoms with E-state index in [0.29, 0.717) is 0 Å². The van der Waals surface area contributed by atoms with Crippen LogP contribution in [0.3, 0.4) is 0 Å². The minimum Gasteiger partial charge on any atom is -0.296 e. The van der Waals surface area contributed by atoms with Crippen LogP contribution in [0.5, 0.6) is 0 Å². The molecule has 0 spiro atoms. The third-order valence-electron chi connectivity index (χ3n) is 2.21. The minimum atomic E-state index is 0.858. The van der Waals surface area contributed by atoms with Gasteiger partial charge in [-0.3, -0.25) is 4.90 Å². The third kappa shape index (κ3) is 1.60. The fraction of sp³-hybridized carbons (Fsp3) is 0.778. The summed E-state index contributed by atoms with van der Waals surface area (Å²) in [5.41, 5.74) is 1.29. The normalized spacial score (nSPS) is 26.0. The topological polar surface area (TPSA) is 3.24 Å². The van der Waals surface area contributed by atoms with E-state index in [0.717, 1.165) is 12.6 Å². The molecule has 1 saturated heterocycles. The van der Waals surface area contributed by atoms with Crippen LogP contribution in [-0.4, -0.2) is 24.0 Å². The zero-order valence-corrected chi connectivity index (χ0v) is 7.06. The van der Waals surface area contributed by atoms with Gasteiger partial charge in [-0.1, -0.05) is 19.1 Å². The van der Waals surface area contributed by atoms with E-state index in [4.69, 9.17) is 0 Å². The molecule has 1 heteroatoms. The van der Waals surface area contributed by atoms with Crippen LogP contribution in [0.2, 0.25) is 0 Å². The fourth-order valence-electron chi connectivity index (χ4n) is 1.51. The Kier molecular flexibility index (Phi) is 2.50. The van der Waals surface area contributed by atoms with Crippen LogP contribution in [0, 0.1) is 0 Å². The van der Waals surface area contributed by atoms with Gasteiger partial charge in [-0.2, -0.15) is 0 Å². The van der Waals surface area contributed by atoms with Gasteiger partial charge in [0.15, 0.2) is 0 Å². The van der Waals surface area contributed by atoms with Gasteiger partial charge in [-0.15, -0.1) is 0 Å². The van der Waals surface area contributed by atoms with E-state index in [1.165, 1.54) is 25.0 Å². The zero-order valence-electron chi connectivity index (χ0n) is 7.06. The number of hydrogen-bond acceptors (Lipinski definition) is 1. The van der Waals surface area contributed by atoms with Crippen LogP contribution in [0.15, 0.2) is 12.2 Å². The van der Waals surface area contributed by atoms with Gasteiger partial charge in [0, 0.05) is 19.1 Å². The molecule has 0 aromatic heterocycles. The van der Waals surface area contributed by atoms with E-state index in [2.05, 4.69) is 25.3 Å². The lowest BCUT2D eigenvalue weighted by molar-refractivity contribution is 0.1000. The Labute approximate surface area is 63.7 Å². The van der Waals surface area contributed by atoms with E-state index >= 15 is 0 Å². The lowest BCUT2D eigenvalue weighted by Crippen LogP contribution is -2.47. The maximum absolute atomic E-state index is 3.90. The van der Waals surface area contributed by atoms with Crippen LogP contribution in [-0.2, 0) is 0 Å². The summed E-state index contributed by atoms with van der Waals surface area (Å²) in [6.45, 7) is 10.7.